The molecule has 0 saturated heterocycles. The largest absolute Gasteiger partial charge is 0.480 e. The topological polar surface area (TPSA) is 194 Å². The number of rotatable bonds is 16. The van der Waals surface area contributed by atoms with Gasteiger partial charge in [0.2, 0.25) is 23.6 Å². The summed E-state index contributed by atoms with van der Waals surface area (Å²) in [5.74, 6) is -2.46. The fourth-order valence-corrected chi connectivity index (χ4v) is 3.18. The number of carbonyl (C=O) groups excluding carboxylic acids is 4. The molecule has 0 spiro atoms. The third-order valence-corrected chi connectivity index (χ3v) is 5.24. The van der Waals surface area contributed by atoms with Crippen molar-refractivity contribution in [1.29, 1.82) is 0 Å². The fraction of sp³-hybridized carbons (Fsp3) is 0.706. The van der Waals surface area contributed by atoms with E-state index in [9.17, 15) is 24.0 Å². The number of primary amides is 1. The van der Waals surface area contributed by atoms with Crippen LogP contribution in [0, 0.1) is 0 Å². The van der Waals surface area contributed by atoms with Crippen LogP contribution in [0.5, 0.6) is 0 Å². The standard InChI is InChI=1S/C17H31N5O6S2/c1-29-7-5-11(22-15(25)10(18)3-4-13(19)23)16(26)20-9-14(24)21-12(17(27)28)6-8-30-2/h10-12H,3-9,18H2,1-2H3,(H2,19,23)(H,20,26)(H,21,24)(H,22,25)(H,27,28). The average molecular weight is 466 g/mol. The lowest BCUT2D eigenvalue weighted by molar-refractivity contribution is -0.141. The van der Waals surface area contributed by atoms with Crippen molar-refractivity contribution in [3.63, 3.8) is 0 Å². The van der Waals surface area contributed by atoms with Crippen molar-refractivity contribution in [3.8, 4) is 0 Å². The van der Waals surface area contributed by atoms with Gasteiger partial charge >= 0.3 is 5.97 Å². The van der Waals surface area contributed by atoms with E-state index in [4.69, 9.17) is 16.6 Å². The van der Waals surface area contributed by atoms with E-state index in [2.05, 4.69) is 16.0 Å². The van der Waals surface area contributed by atoms with E-state index in [0.29, 0.717) is 17.9 Å². The summed E-state index contributed by atoms with van der Waals surface area (Å²) in [5.41, 5.74) is 10.7. The van der Waals surface area contributed by atoms with E-state index in [0.717, 1.165) is 0 Å². The zero-order chi connectivity index (χ0) is 23.1. The minimum Gasteiger partial charge on any atom is -0.480 e. The number of nitrogens with one attached hydrogen (secondary N) is 3. The Balaban J connectivity index is 4.74. The molecule has 0 aromatic carbocycles. The summed E-state index contributed by atoms with van der Waals surface area (Å²) in [6, 6.07) is -2.97. The van der Waals surface area contributed by atoms with Gasteiger partial charge in [0.05, 0.1) is 12.6 Å². The lowest BCUT2D eigenvalue weighted by Gasteiger charge is -2.20. The van der Waals surface area contributed by atoms with Gasteiger partial charge < -0.3 is 32.5 Å². The molecule has 30 heavy (non-hydrogen) atoms. The third kappa shape index (κ3) is 12.5. The highest BCUT2D eigenvalue weighted by atomic mass is 32.2. The smallest absolute Gasteiger partial charge is 0.326 e. The van der Waals surface area contributed by atoms with Gasteiger partial charge in [0, 0.05) is 6.42 Å². The second-order valence-corrected chi connectivity index (χ2v) is 8.38. The van der Waals surface area contributed by atoms with Gasteiger partial charge in [0.1, 0.15) is 12.1 Å². The number of aliphatic carboxylic acids is 1. The van der Waals surface area contributed by atoms with E-state index in [1.165, 1.54) is 23.5 Å². The minimum atomic E-state index is -1.15. The maximum atomic E-state index is 12.4. The first-order chi connectivity index (χ1) is 14.1. The molecule has 0 radical (unpaired) electrons. The number of carboxylic acids is 1. The van der Waals surface area contributed by atoms with E-state index in [-0.39, 0.29) is 19.3 Å². The zero-order valence-electron chi connectivity index (χ0n) is 17.1. The minimum absolute atomic E-state index is 0.0487. The summed E-state index contributed by atoms with van der Waals surface area (Å²) in [7, 11) is 0. The van der Waals surface area contributed by atoms with E-state index >= 15 is 0 Å². The molecule has 3 atom stereocenters. The van der Waals surface area contributed by atoms with E-state index in [1.54, 1.807) is 0 Å². The molecule has 3 unspecified atom stereocenters. The quantitative estimate of drug-likeness (QED) is 0.153. The first-order valence-corrected chi connectivity index (χ1v) is 12.0. The Morgan fingerprint density at radius 3 is 1.97 bits per heavy atom. The zero-order valence-corrected chi connectivity index (χ0v) is 18.8. The Bertz CT molecular complexity index is 607. The molecular formula is C17H31N5O6S2. The Labute approximate surface area is 184 Å². The second-order valence-electron chi connectivity index (χ2n) is 6.41. The first kappa shape index (κ1) is 28.0. The van der Waals surface area contributed by atoms with Crippen LogP contribution >= 0.6 is 23.5 Å². The van der Waals surface area contributed by atoms with Crippen molar-refractivity contribution in [2.24, 2.45) is 11.5 Å². The highest BCUT2D eigenvalue weighted by Gasteiger charge is 2.25. The molecule has 8 N–H and O–H groups in total. The molecule has 0 heterocycles. The molecule has 0 saturated carbocycles. The highest BCUT2D eigenvalue weighted by Crippen LogP contribution is 2.03. The molecule has 172 valence electrons. The van der Waals surface area contributed by atoms with Crippen LogP contribution in [0.3, 0.4) is 0 Å². The Hall–Kier alpha value is -1.99. The monoisotopic (exact) mass is 465 g/mol. The van der Waals surface area contributed by atoms with E-state index < -0.39 is 54.3 Å². The number of thioether (sulfide) groups is 2. The molecule has 0 aromatic rings. The van der Waals surface area contributed by atoms with Crippen LogP contribution in [-0.4, -0.2) is 83.4 Å². The molecule has 11 nitrogen and oxygen atoms in total. The lowest BCUT2D eigenvalue weighted by atomic mass is 10.1. The van der Waals surface area contributed by atoms with Crippen LogP contribution in [0.15, 0.2) is 0 Å². The highest BCUT2D eigenvalue weighted by molar-refractivity contribution is 7.98. The van der Waals surface area contributed by atoms with Crippen LogP contribution in [-0.2, 0) is 24.0 Å². The Morgan fingerprint density at radius 2 is 1.47 bits per heavy atom. The predicted octanol–water partition coefficient (Wildman–Crippen LogP) is -1.74. The van der Waals surface area contributed by atoms with Gasteiger partial charge in [0.15, 0.2) is 0 Å². The van der Waals surface area contributed by atoms with Gasteiger partial charge in [-0.1, -0.05) is 0 Å². The van der Waals surface area contributed by atoms with Crippen LogP contribution in [0.4, 0.5) is 0 Å². The van der Waals surface area contributed by atoms with Gasteiger partial charge in [-0.25, -0.2) is 4.79 Å². The molecule has 13 heteroatoms. The second kappa shape index (κ2) is 15.8. The fourth-order valence-electron chi connectivity index (χ4n) is 2.24. The predicted molar refractivity (Wildman–Crippen MR) is 117 cm³/mol. The maximum absolute atomic E-state index is 12.4. The summed E-state index contributed by atoms with van der Waals surface area (Å²) in [6.07, 6.45) is 4.21. The van der Waals surface area contributed by atoms with Crippen molar-refractivity contribution in [2.45, 2.75) is 43.8 Å². The number of hydrogen-bond acceptors (Lipinski definition) is 8. The summed E-state index contributed by atoms with van der Waals surface area (Å²) in [4.78, 5) is 58.6. The molecule has 0 bridgehead atoms. The van der Waals surface area contributed by atoms with E-state index in [1.807, 2.05) is 12.5 Å². The van der Waals surface area contributed by atoms with Crippen LogP contribution < -0.4 is 27.4 Å². The summed E-state index contributed by atoms with van der Waals surface area (Å²) >= 11 is 2.92. The Kier molecular flexibility index (Phi) is 14.7. The maximum Gasteiger partial charge on any atom is 0.326 e. The Morgan fingerprint density at radius 1 is 0.900 bits per heavy atom. The summed E-state index contributed by atoms with van der Waals surface area (Å²) in [5, 5.41) is 16.4. The van der Waals surface area contributed by atoms with Gasteiger partial charge in [0.25, 0.3) is 0 Å². The van der Waals surface area contributed by atoms with Crippen LogP contribution in [0.2, 0.25) is 0 Å². The van der Waals surface area contributed by atoms with Crippen molar-refractivity contribution in [2.75, 3.05) is 30.6 Å². The molecule has 0 rings (SSSR count). The van der Waals surface area contributed by atoms with Crippen molar-refractivity contribution < 1.29 is 29.1 Å². The number of amides is 4. The third-order valence-electron chi connectivity index (χ3n) is 3.95. The normalized spacial score (nSPS) is 13.6. The number of carboxylic acid groups (broad SMARTS) is 1. The lowest BCUT2D eigenvalue weighted by Crippen LogP contribution is -2.53. The molecular weight excluding hydrogens is 434 g/mol. The molecule has 0 aliphatic carbocycles. The van der Waals surface area contributed by atoms with Gasteiger partial charge in [-0.3, -0.25) is 19.2 Å². The summed E-state index contributed by atoms with van der Waals surface area (Å²) in [6.45, 7) is -0.429. The molecule has 0 aromatic heterocycles. The molecule has 4 amide bonds. The van der Waals surface area contributed by atoms with Crippen molar-refractivity contribution in [3.05, 3.63) is 0 Å². The van der Waals surface area contributed by atoms with Crippen molar-refractivity contribution in [1.82, 2.24) is 16.0 Å². The number of hydrogen-bond donors (Lipinski definition) is 6. The molecule has 0 fully saturated rings. The number of nitrogens with two attached hydrogens (primary N) is 2. The first-order valence-electron chi connectivity index (χ1n) is 9.24. The summed E-state index contributed by atoms with van der Waals surface area (Å²) < 4.78 is 0. The van der Waals surface area contributed by atoms with Gasteiger partial charge in [-0.05, 0) is 43.3 Å². The van der Waals surface area contributed by atoms with Gasteiger partial charge in [-0.15, -0.1) is 0 Å². The van der Waals surface area contributed by atoms with Gasteiger partial charge in [-0.2, -0.15) is 23.5 Å². The van der Waals surface area contributed by atoms with Crippen molar-refractivity contribution >= 4 is 53.1 Å². The number of carbonyl (C=O) groups is 5. The molecule has 0 aliphatic rings. The molecule has 0 aliphatic heterocycles. The SMILES string of the molecule is CSCCC(NC(=O)CNC(=O)C(CCSC)NC(=O)C(N)CCC(N)=O)C(=O)O. The van der Waals surface area contributed by atoms with Crippen LogP contribution in [0.1, 0.15) is 25.7 Å². The average Bonchev–Trinajstić information content (AvgIpc) is 2.69. The van der Waals surface area contributed by atoms with Crippen LogP contribution in [0.25, 0.3) is 0 Å².